The van der Waals surface area contributed by atoms with Crippen molar-refractivity contribution in [2.45, 2.75) is 52.1 Å². The van der Waals surface area contributed by atoms with Crippen LogP contribution in [-0.4, -0.2) is 49.3 Å². The van der Waals surface area contributed by atoms with Crippen LogP contribution >= 0.6 is 0 Å². The maximum atomic E-state index is 5.71. The summed E-state index contributed by atoms with van der Waals surface area (Å²) in [5.74, 6) is 1.57. The molecule has 3 heteroatoms. The van der Waals surface area contributed by atoms with E-state index in [4.69, 9.17) is 4.74 Å². The zero-order valence-electron chi connectivity index (χ0n) is 13.7. The molecule has 0 bridgehead atoms. The molecule has 0 amide bonds. The standard InChI is InChI=1S/C17H32N2O/c1-13(2)11-20-9-8-19-12-17(5,15-6-7-15)18-10-16(19)14(3)4/h14-16,18H,1,6-12H2,2-5H3. The lowest BCUT2D eigenvalue weighted by atomic mass is 9.88. The van der Waals surface area contributed by atoms with Gasteiger partial charge in [-0.05, 0) is 38.5 Å². The largest absolute Gasteiger partial charge is 0.376 e. The molecule has 0 radical (unpaired) electrons. The van der Waals surface area contributed by atoms with Crippen molar-refractivity contribution in [3.63, 3.8) is 0 Å². The zero-order valence-corrected chi connectivity index (χ0v) is 13.7. The van der Waals surface area contributed by atoms with Crippen LogP contribution in [0.15, 0.2) is 12.2 Å². The summed E-state index contributed by atoms with van der Waals surface area (Å²) in [6.07, 6.45) is 2.80. The van der Waals surface area contributed by atoms with E-state index in [0.717, 1.165) is 37.7 Å². The maximum absolute atomic E-state index is 5.71. The maximum Gasteiger partial charge on any atom is 0.0672 e. The number of hydrogen-bond acceptors (Lipinski definition) is 3. The van der Waals surface area contributed by atoms with Crippen LogP contribution in [0.3, 0.4) is 0 Å². The van der Waals surface area contributed by atoms with Crippen molar-refractivity contribution in [3.05, 3.63) is 12.2 Å². The molecule has 1 saturated heterocycles. The van der Waals surface area contributed by atoms with E-state index in [1.54, 1.807) is 0 Å². The van der Waals surface area contributed by atoms with E-state index in [0.29, 0.717) is 24.1 Å². The number of nitrogens with one attached hydrogen (secondary N) is 1. The van der Waals surface area contributed by atoms with Gasteiger partial charge in [-0.25, -0.2) is 0 Å². The predicted octanol–water partition coefficient (Wildman–Crippen LogP) is 2.68. The van der Waals surface area contributed by atoms with Crippen molar-refractivity contribution < 1.29 is 4.74 Å². The Morgan fingerprint density at radius 1 is 1.45 bits per heavy atom. The summed E-state index contributed by atoms with van der Waals surface area (Å²) in [7, 11) is 0. The Kier molecular flexibility index (Phi) is 5.27. The van der Waals surface area contributed by atoms with Crippen LogP contribution in [0.2, 0.25) is 0 Å². The summed E-state index contributed by atoms with van der Waals surface area (Å²) >= 11 is 0. The minimum atomic E-state index is 0.319. The summed E-state index contributed by atoms with van der Waals surface area (Å²) in [6, 6.07) is 0.634. The van der Waals surface area contributed by atoms with Crippen LogP contribution < -0.4 is 5.32 Å². The number of ether oxygens (including phenoxy) is 1. The Morgan fingerprint density at radius 2 is 2.15 bits per heavy atom. The summed E-state index contributed by atoms with van der Waals surface area (Å²) in [5.41, 5.74) is 1.42. The second kappa shape index (κ2) is 6.59. The molecule has 1 N–H and O–H groups in total. The Balaban J connectivity index is 1.87. The number of rotatable bonds is 7. The van der Waals surface area contributed by atoms with Crippen molar-refractivity contribution in [2.24, 2.45) is 11.8 Å². The van der Waals surface area contributed by atoms with Gasteiger partial charge < -0.3 is 10.1 Å². The topological polar surface area (TPSA) is 24.5 Å². The molecule has 0 spiro atoms. The van der Waals surface area contributed by atoms with E-state index in [1.807, 2.05) is 6.92 Å². The molecule has 1 aliphatic carbocycles. The lowest BCUT2D eigenvalue weighted by molar-refractivity contribution is 0.0267. The van der Waals surface area contributed by atoms with Gasteiger partial charge in [-0.1, -0.05) is 26.0 Å². The molecule has 0 aromatic rings. The Morgan fingerprint density at radius 3 is 2.70 bits per heavy atom. The van der Waals surface area contributed by atoms with Crippen LogP contribution in [0.1, 0.15) is 40.5 Å². The number of hydrogen-bond donors (Lipinski definition) is 1. The molecular formula is C17H32N2O. The highest BCUT2D eigenvalue weighted by Crippen LogP contribution is 2.41. The molecule has 2 fully saturated rings. The quantitative estimate of drug-likeness (QED) is 0.573. The first-order valence-corrected chi connectivity index (χ1v) is 8.13. The van der Waals surface area contributed by atoms with Gasteiger partial charge in [0.05, 0.1) is 13.2 Å². The Bertz CT molecular complexity index is 338. The molecule has 2 atom stereocenters. The van der Waals surface area contributed by atoms with Gasteiger partial charge in [-0.2, -0.15) is 0 Å². The third-order valence-corrected chi connectivity index (χ3v) is 4.83. The molecule has 2 aliphatic rings. The molecule has 0 aromatic heterocycles. The monoisotopic (exact) mass is 280 g/mol. The molecule has 2 rings (SSSR count). The first-order chi connectivity index (χ1) is 9.42. The van der Waals surface area contributed by atoms with Crippen molar-refractivity contribution >= 4 is 0 Å². The minimum absolute atomic E-state index is 0.319. The van der Waals surface area contributed by atoms with Gasteiger partial charge in [0.2, 0.25) is 0 Å². The summed E-state index contributed by atoms with van der Waals surface area (Å²) in [5, 5.41) is 3.83. The predicted molar refractivity (Wildman–Crippen MR) is 85.0 cm³/mol. The average molecular weight is 280 g/mol. The summed E-state index contributed by atoms with van der Waals surface area (Å²) in [6.45, 7) is 17.8. The highest BCUT2D eigenvalue weighted by Gasteiger charge is 2.46. The molecule has 1 saturated carbocycles. The fourth-order valence-corrected chi connectivity index (χ4v) is 3.39. The fraction of sp³-hybridized carbons (Fsp3) is 0.882. The highest BCUT2D eigenvalue weighted by atomic mass is 16.5. The third-order valence-electron chi connectivity index (χ3n) is 4.83. The zero-order chi connectivity index (χ0) is 14.8. The summed E-state index contributed by atoms with van der Waals surface area (Å²) < 4.78 is 5.71. The van der Waals surface area contributed by atoms with Gasteiger partial charge in [-0.3, -0.25) is 4.90 Å². The van der Waals surface area contributed by atoms with Crippen LogP contribution in [0.25, 0.3) is 0 Å². The average Bonchev–Trinajstić information content (AvgIpc) is 3.18. The van der Waals surface area contributed by atoms with E-state index in [-0.39, 0.29) is 0 Å². The van der Waals surface area contributed by atoms with Crippen molar-refractivity contribution in [2.75, 3.05) is 32.8 Å². The van der Waals surface area contributed by atoms with Crippen LogP contribution in [-0.2, 0) is 4.74 Å². The molecule has 3 nitrogen and oxygen atoms in total. The van der Waals surface area contributed by atoms with Crippen molar-refractivity contribution in [1.82, 2.24) is 10.2 Å². The smallest absolute Gasteiger partial charge is 0.0672 e. The second-order valence-electron chi connectivity index (χ2n) is 7.36. The Labute approximate surface area is 124 Å². The minimum Gasteiger partial charge on any atom is -0.376 e. The first kappa shape index (κ1) is 16.0. The SMILES string of the molecule is C=C(C)COCCN1CC(C)(C2CC2)NCC1C(C)C. The van der Waals surface area contributed by atoms with Gasteiger partial charge in [-0.15, -0.1) is 0 Å². The van der Waals surface area contributed by atoms with Gasteiger partial charge >= 0.3 is 0 Å². The highest BCUT2D eigenvalue weighted by molar-refractivity contribution is 5.04. The molecule has 0 aromatic carbocycles. The van der Waals surface area contributed by atoms with Gasteiger partial charge in [0.25, 0.3) is 0 Å². The lowest BCUT2D eigenvalue weighted by Crippen LogP contribution is -2.65. The van der Waals surface area contributed by atoms with E-state index >= 15 is 0 Å². The normalized spacial score (nSPS) is 31.8. The van der Waals surface area contributed by atoms with Crippen molar-refractivity contribution in [1.29, 1.82) is 0 Å². The van der Waals surface area contributed by atoms with Crippen LogP contribution in [0, 0.1) is 11.8 Å². The number of nitrogens with zero attached hydrogens (tertiary/aromatic N) is 1. The second-order valence-corrected chi connectivity index (χ2v) is 7.36. The number of piperazine rings is 1. The van der Waals surface area contributed by atoms with E-state index in [9.17, 15) is 0 Å². The first-order valence-electron chi connectivity index (χ1n) is 8.13. The van der Waals surface area contributed by atoms with E-state index < -0.39 is 0 Å². The van der Waals surface area contributed by atoms with E-state index in [2.05, 4.69) is 37.6 Å². The molecule has 116 valence electrons. The third kappa shape index (κ3) is 4.06. The van der Waals surface area contributed by atoms with Gasteiger partial charge in [0.15, 0.2) is 0 Å². The van der Waals surface area contributed by atoms with Crippen molar-refractivity contribution in [3.8, 4) is 0 Å². The molecule has 1 aliphatic heterocycles. The molecule has 20 heavy (non-hydrogen) atoms. The van der Waals surface area contributed by atoms with Crippen LogP contribution in [0.4, 0.5) is 0 Å². The fourth-order valence-electron chi connectivity index (χ4n) is 3.39. The molecular weight excluding hydrogens is 248 g/mol. The Hall–Kier alpha value is -0.380. The van der Waals surface area contributed by atoms with Gasteiger partial charge in [0, 0.05) is 31.2 Å². The van der Waals surface area contributed by atoms with Gasteiger partial charge in [0.1, 0.15) is 0 Å². The summed E-state index contributed by atoms with van der Waals surface area (Å²) in [4.78, 5) is 2.65. The molecule has 2 unspecified atom stereocenters. The molecule has 1 heterocycles. The lowest BCUT2D eigenvalue weighted by Gasteiger charge is -2.48. The van der Waals surface area contributed by atoms with Crippen LogP contribution in [0.5, 0.6) is 0 Å². The van der Waals surface area contributed by atoms with E-state index in [1.165, 1.54) is 12.8 Å².